The van der Waals surface area contributed by atoms with Crippen LogP contribution in [0.4, 0.5) is 8.78 Å². The number of hydrogen-bond donors (Lipinski definition) is 2. The molecule has 2 rings (SSSR count). The summed E-state index contributed by atoms with van der Waals surface area (Å²) in [5.41, 5.74) is -0.0966. The zero-order chi connectivity index (χ0) is 18.6. The number of carbonyl (C=O) groups is 1. The van der Waals surface area contributed by atoms with E-state index in [-0.39, 0.29) is 30.0 Å². The highest BCUT2D eigenvalue weighted by atomic mass is 19.1. The van der Waals surface area contributed by atoms with E-state index in [1.807, 2.05) is 13.8 Å². The average molecular weight is 347 g/mol. The molecule has 0 aliphatic rings. The first-order chi connectivity index (χ1) is 11.7. The van der Waals surface area contributed by atoms with Crippen LogP contribution in [0.25, 0.3) is 0 Å². The van der Waals surface area contributed by atoms with Crippen LogP contribution in [0.15, 0.2) is 48.5 Å². The van der Waals surface area contributed by atoms with E-state index >= 15 is 0 Å². The van der Waals surface area contributed by atoms with Crippen molar-refractivity contribution in [1.82, 2.24) is 5.32 Å². The van der Waals surface area contributed by atoms with Gasteiger partial charge in [-0.25, -0.2) is 8.78 Å². The van der Waals surface area contributed by atoms with Gasteiger partial charge in [-0.3, -0.25) is 4.79 Å². The largest absolute Gasteiger partial charge is 0.384 e. The molecule has 2 N–H and O–H groups in total. The normalized spacial score (nSPS) is 14.8. The molecular weight excluding hydrogens is 324 g/mol. The molecule has 0 radical (unpaired) electrons. The van der Waals surface area contributed by atoms with Crippen LogP contribution in [0.1, 0.15) is 37.8 Å². The maximum atomic E-state index is 13.1. The Morgan fingerprint density at radius 1 is 1.04 bits per heavy atom. The number of hydrogen-bond acceptors (Lipinski definition) is 2. The molecule has 0 spiro atoms. The number of benzene rings is 2. The summed E-state index contributed by atoms with van der Waals surface area (Å²) in [6.07, 6.45) is 0. The fourth-order valence-electron chi connectivity index (χ4n) is 2.79. The number of amides is 1. The van der Waals surface area contributed by atoms with Crippen LogP contribution in [0.3, 0.4) is 0 Å². The smallest absolute Gasteiger partial charge is 0.227 e. The van der Waals surface area contributed by atoms with E-state index in [1.165, 1.54) is 36.4 Å². The second-order valence-electron chi connectivity index (χ2n) is 6.77. The lowest BCUT2D eigenvalue weighted by molar-refractivity contribution is -0.124. The number of halogens is 2. The lowest BCUT2D eigenvalue weighted by atomic mass is 9.87. The fourth-order valence-corrected chi connectivity index (χ4v) is 2.79. The third-order valence-corrected chi connectivity index (χ3v) is 4.25. The van der Waals surface area contributed by atoms with Crippen molar-refractivity contribution in [2.24, 2.45) is 5.92 Å². The molecule has 0 aliphatic heterocycles. The molecule has 0 saturated carbocycles. The lowest BCUT2D eigenvalue weighted by Gasteiger charge is -2.27. The van der Waals surface area contributed by atoms with E-state index in [1.54, 1.807) is 19.1 Å². The van der Waals surface area contributed by atoms with Gasteiger partial charge < -0.3 is 10.4 Å². The quantitative estimate of drug-likeness (QED) is 0.836. The lowest BCUT2D eigenvalue weighted by Crippen LogP contribution is -2.41. The van der Waals surface area contributed by atoms with Crippen molar-refractivity contribution in [3.05, 3.63) is 71.3 Å². The zero-order valence-corrected chi connectivity index (χ0v) is 14.6. The summed E-state index contributed by atoms with van der Waals surface area (Å²) >= 11 is 0. The standard InChI is InChI=1S/C20H23F2NO2/c1-13(2)18(14-4-8-16(21)9-5-14)19(24)23-12-20(3,25)15-6-10-17(22)11-7-15/h4-11,13,18,25H,12H2,1-3H3,(H,23,24). The number of carbonyl (C=O) groups excluding carboxylic acids is 1. The fraction of sp³-hybridized carbons (Fsp3) is 0.350. The van der Waals surface area contributed by atoms with Crippen molar-refractivity contribution in [2.75, 3.05) is 6.54 Å². The Morgan fingerprint density at radius 3 is 2.00 bits per heavy atom. The molecule has 0 fully saturated rings. The van der Waals surface area contributed by atoms with Gasteiger partial charge >= 0.3 is 0 Å². The first-order valence-electron chi connectivity index (χ1n) is 8.22. The second-order valence-corrected chi connectivity index (χ2v) is 6.77. The van der Waals surface area contributed by atoms with Crippen molar-refractivity contribution in [3.8, 4) is 0 Å². The highest BCUT2D eigenvalue weighted by molar-refractivity contribution is 5.84. The topological polar surface area (TPSA) is 49.3 Å². The highest BCUT2D eigenvalue weighted by Crippen LogP contribution is 2.26. The van der Waals surface area contributed by atoms with Gasteiger partial charge in [-0.05, 0) is 48.2 Å². The van der Waals surface area contributed by atoms with Crippen molar-refractivity contribution in [3.63, 3.8) is 0 Å². The Balaban J connectivity index is 2.10. The number of rotatable bonds is 6. The maximum Gasteiger partial charge on any atom is 0.227 e. The van der Waals surface area contributed by atoms with E-state index in [0.29, 0.717) is 5.56 Å². The summed E-state index contributed by atoms with van der Waals surface area (Å²) in [7, 11) is 0. The third-order valence-electron chi connectivity index (χ3n) is 4.25. The summed E-state index contributed by atoms with van der Waals surface area (Å²) in [6.45, 7) is 5.36. The van der Waals surface area contributed by atoms with Crippen molar-refractivity contribution in [1.29, 1.82) is 0 Å². The van der Waals surface area contributed by atoms with E-state index in [4.69, 9.17) is 0 Å². The Labute approximate surface area is 146 Å². The van der Waals surface area contributed by atoms with Gasteiger partial charge in [0.1, 0.15) is 17.2 Å². The predicted molar refractivity (Wildman–Crippen MR) is 93.0 cm³/mol. The molecule has 2 aromatic carbocycles. The van der Waals surface area contributed by atoms with Gasteiger partial charge in [0.15, 0.2) is 0 Å². The van der Waals surface area contributed by atoms with E-state index in [0.717, 1.165) is 5.56 Å². The number of nitrogens with one attached hydrogen (secondary N) is 1. The van der Waals surface area contributed by atoms with Gasteiger partial charge in [-0.1, -0.05) is 38.1 Å². The van der Waals surface area contributed by atoms with Crippen LogP contribution in [0, 0.1) is 17.6 Å². The maximum absolute atomic E-state index is 13.1. The Bertz CT molecular complexity index is 709. The van der Waals surface area contributed by atoms with Crippen molar-refractivity contribution in [2.45, 2.75) is 32.3 Å². The molecule has 0 bridgehead atoms. The van der Waals surface area contributed by atoms with Crippen molar-refractivity contribution < 1.29 is 18.7 Å². The Kier molecular flexibility index (Phi) is 5.90. The highest BCUT2D eigenvalue weighted by Gasteiger charge is 2.28. The summed E-state index contributed by atoms with van der Waals surface area (Å²) in [4.78, 5) is 12.6. The third kappa shape index (κ3) is 4.86. The summed E-state index contributed by atoms with van der Waals surface area (Å²) in [6, 6.07) is 11.3. The molecule has 5 heteroatoms. The molecule has 1 amide bonds. The van der Waals surface area contributed by atoms with E-state index in [2.05, 4.69) is 5.32 Å². The van der Waals surface area contributed by atoms with Crippen LogP contribution in [-0.4, -0.2) is 17.6 Å². The SMILES string of the molecule is CC(C)C(C(=O)NCC(C)(O)c1ccc(F)cc1)c1ccc(F)cc1. The van der Waals surface area contributed by atoms with Gasteiger partial charge in [0.05, 0.1) is 12.5 Å². The summed E-state index contributed by atoms with van der Waals surface area (Å²) in [5, 5.41) is 13.3. The molecule has 0 heterocycles. The van der Waals surface area contributed by atoms with Crippen LogP contribution in [0.2, 0.25) is 0 Å². The van der Waals surface area contributed by atoms with Crippen LogP contribution in [-0.2, 0) is 10.4 Å². The van der Waals surface area contributed by atoms with E-state index < -0.39 is 11.5 Å². The minimum Gasteiger partial charge on any atom is -0.384 e. The molecule has 0 aromatic heterocycles. The molecular formula is C20H23F2NO2. The second kappa shape index (κ2) is 7.74. The van der Waals surface area contributed by atoms with Crippen LogP contribution >= 0.6 is 0 Å². The molecule has 2 unspecified atom stereocenters. The van der Waals surface area contributed by atoms with E-state index in [9.17, 15) is 18.7 Å². The molecule has 0 aliphatic carbocycles. The molecule has 0 saturated heterocycles. The molecule has 2 aromatic rings. The molecule has 25 heavy (non-hydrogen) atoms. The molecule has 3 nitrogen and oxygen atoms in total. The summed E-state index contributed by atoms with van der Waals surface area (Å²) < 4.78 is 26.1. The monoisotopic (exact) mass is 347 g/mol. The Hall–Kier alpha value is -2.27. The average Bonchev–Trinajstić information content (AvgIpc) is 2.55. The molecule has 134 valence electrons. The Morgan fingerprint density at radius 2 is 1.52 bits per heavy atom. The number of aliphatic hydroxyl groups is 1. The van der Waals surface area contributed by atoms with Crippen molar-refractivity contribution >= 4 is 5.91 Å². The van der Waals surface area contributed by atoms with Gasteiger partial charge in [0.25, 0.3) is 0 Å². The van der Waals surface area contributed by atoms with Gasteiger partial charge in [-0.15, -0.1) is 0 Å². The zero-order valence-electron chi connectivity index (χ0n) is 14.6. The van der Waals surface area contributed by atoms with Gasteiger partial charge in [-0.2, -0.15) is 0 Å². The summed E-state index contributed by atoms with van der Waals surface area (Å²) in [5.74, 6) is -1.44. The van der Waals surface area contributed by atoms with Gasteiger partial charge in [0.2, 0.25) is 5.91 Å². The first-order valence-corrected chi connectivity index (χ1v) is 8.22. The molecule has 2 atom stereocenters. The minimum atomic E-state index is -1.33. The van der Waals surface area contributed by atoms with Crippen LogP contribution in [0.5, 0.6) is 0 Å². The first kappa shape index (κ1) is 19.1. The predicted octanol–water partition coefficient (Wildman–Crippen LogP) is 3.73. The van der Waals surface area contributed by atoms with Gasteiger partial charge in [0, 0.05) is 0 Å². The van der Waals surface area contributed by atoms with Crippen LogP contribution < -0.4 is 5.32 Å². The minimum absolute atomic E-state index is 0.00114.